The van der Waals surface area contributed by atoms with E-state index in [4.69, 9.17) is 0 Å². The molecule has 0 radical (unpaired) electrons. The Morgan fingerprint density at radius 2 is 1.69 bits per heavy atom. The van der Waals surface area contributed by atoms with Crippen molar-refractivity contribution < 1.29 is 12.8 Å². The minimum atomic E-state index is -3.28. The molecule has 0 atom stereocenters. The van der Waals surface area contributed by atoms with Gasteiger partial charge in [-0.15, -0.1) is 0 Å². The number of benzene rings is 2. The Kier molecular flexibility index (Phi) is 5.84. The molecule has 4 aromatic rings. The number of hydrogen-bond donors (Lipinski definition) is 0. The third kappa shape index (κ3) is 4.90. The zero-order valence-electron chi connectivity index (χ0n) is 17.1. The van der Waals surface area contributed by atoms with Crippen molar-refractivity contribution in [3.8, 4) is 11.8 Å². The first-order valence-corrected chi connectivity index (χ1v) is 11.6. The maximum absolute atomic E-state index is 13.0. The van der Waals surface area contributed by atoms with Crippen molar-refractivity contribution in [2.45, 2.75) is 17.9 Å². The van der Waals surface area contributed by atoms with Crippen molar-refractivity contribution in [3.63, 3.8) is 0 Å². The Hall–Kier alpha value is -3.83. The van der Waals surface area contributed by atoms with Gasteiger partial charge in [-0.25, -0.2) is 22.8 Å². The molecule has 0 aliphatic carbocycles. The summed E-state index contributed by atoms with van der Waals surface area (Å²) in [6, 6.07) is 14.1. The van der Waals surface area contributed by atoms with E-state index in [1.807, 2.05) is 0 Å². The van der Waals surface area contributed by atoms with E-state index in [0.29, 0.717) is 23.0 Å². The molecule has 6 nitrogen and oxygen atoms in total. The van der Waals surface area contributed by atoms with E-state index in [0.717, 1.165) is 17.4 Å². The molecule has 0 N–H and O–H groups in total. The second-order valence-electron chi connectivity index (χ2n) is 7.29. The lowest BCUT2D eigenvalue weighted by molar-refractivity contribution is 0.602. The zero-order chi connectivity index (χ0) is 22.7. The maximum Gasteiger partial charge on any atom is 0.261 e. The first-order valence-electron chi connectivity index (χ1n) is 9.67. The van der Waals surface area contributed by atoms with Crippen molar-refractivity contribution in [3.05, 3.63) is 100 Å². The second kappa shape index (κ2) is 8.73. The van der Waals surface area contributed by atoms with Crippen LogP contribution >= 0.6 is 0 Å². The van der Waals surface area contributed by atoms with Crippen molar-refractivity contribution >= 4 is 20.7 Å². The molecule has 0 unspecified atom stereocenters. The van der Waals surface area contributed by atoms with Crippen molar-refractivity contribution in [2.24, 2.45) is 0 Å². The number of halogens is 1. The minimum Gasteiger partial charge on any atom is -0.294 e. The third-order valence-electron chi connectivity index (χ3n) is 4.84. The Morgan fingerprint density at radius 3 is 2.38 bits per heavy atom. The number of fused-ring (bicyclic) bond motifs is 1. The van der Waals surface area contributed by atoms with Crippen molar-refractivity contribution in [2.75, 3.05) is 6.26 Å². The topological polar surface area (TPSA) is 81.9 Å². The normalized spacial score (nSPS) is 11.2. The van der Waals surface area contributed by atoms with Crippen molar-refractivity contribution in [1.29, 1.82) is 0 Å². The van der Waals surface area contributed by atoms with E-state index in [2.05, 4.69) is 21.8 Å². The van der Waals surface area contributed by atoms with Crippen molar-refractivity contribution in [1.82, 2.24) is 14.5 Å². The Morgan fingerprint density at radius 1 is 1.00 bits per heavy atom. The smallest absolute Gasteiger partial charge is 0.261 e. The molecule has 0 aliphatic heterocycles. The first-order chi connectivity index (χ1) is 15.3. The number of sulfone groups is 1. The van der Waals surface area contributed by atoms with Crippen LogP contribution in [0.3, 0.4) is 0 Å². The summed E-state index contributed by atoms with van der Waals surface area (Å²) in [5.41, 5.74) is 2.31. The Labute approximate surface area is 184 Å². The highest BCUT2D eigenvalue weighted by Gasteiger charge is 2.09. The monoisotopic (exact) mass is 447 g/mol. The molecule has 2 aromatic carbocycles. The molecule has 160 valence electrons. The third-order valence-corrected chi connectivity index (χ3v) is 5.97. The van der Waals surface area contributed by atoms with Crippen LogP contribution in [0.2, 0.25) is 0 Å². The molecule has 2 aromatic heterocycles. The van der Waals surface area contributed by atoms with Gasteiger partial charge < -0.3 is 0 Å². The standard InChI is InChI=1S/C24H18FN3O3S/c1-32(30,31)21-11-7-18(8-12-21)15-28-16-27-23-14-26-20(13-22(23)24(28)29)4-2-3-17-5-9-19(25)10-6-17/h5-14,16H,3,15H2,1H3. The van der Waals surface area contributed by atoms with Gasteiger partial charge in [0.2, 0.25) is 0 Å². The molecule has 0 bridgehead atoms. The van der Waals surface area contributed by atoms with Crippen LogP contribution in [0.15, 0.2) is 76.8 Å². The van der Waals surface area contributed by atoms with E-state index in [1.165, 1.54) is 41.4 Å². The molecule has 2 heterocycles. The summed E-state index contributed by atoms with van der Waals surface area (Å²) < 4.78 is 37.7. The minimum absolute atomic E-state index is 0.222. The van der Waals surface area contributed by atoms with Gasteiger partial charge in [0.05, 0.1) is 34.9 Å². The summed E-state index contributed by atoms with van der Waals surface area (Å²) >= 11 is 0. The lowest BCUT2D eigenvalue weighted by Gasteiger charge is -2.07. The largest absolute Gasteiger partial charge is 0.294 e. The quantitative estimate of drug-likeness (QED) is 0.449. The van der Waals surface area contributed by atoms with Gasteiger partial charge in [-0.3, -0.25) is 9.36 Å². The molecule has 0 spiro atoms. The summed E-state index contributed by atoms with van der Waals surface area (Å²) in [5, 5.41) is 0.390. The van der Waals surface area contributed by atoms with Gasteiger partial charge in [-0.1, -0.05) is 30.2 Å². The average Bonchev–Trinajstić information content (AvgIpc) is 2.77. The van der Waals surface area contributed by atoms with Crippen LogP contribution in [-0.2, 0) is 22.8 Å². The number of hydrogen-bond acceptors (Lipinski definition) is 5. The summed E-state index contributed by atoms with van der Waals surface area (Å²) in [7, 11) is -3.28. The fourth-order valence-corrected chi connectivity index (χ4v) is 3.75. The highest BCUT2D eigenvalue weighted by Crippen LogP contribution is 2.12. The maximum atomic E-state index is 13.0. The summed E-state index contributed by atoms with van der Waals surface area (Å²) in [6.45, 7) is 0.250. The molecular formula is C24H18FN3O3S. The molecule has 8 heteroatoms. The first kappa shape index (κ1) is 21.4. The summed E-state index contributed by atoms with van der Waals surface area (Å²) in [6.07, 6.45) is 4.52. The van der Waals surface area contributed by atoms with E-state index >= 15 is 0 Å². The highest BCUT2D eigenvalue weighted by molar-refractivity contribution is 7.90. The van der Waals surface area contributed by atoms with Crippen LogP contribution in [0.5, 0.6) is 0 Å². The molecule has 32 heavy (non-hydrogen) atoms. The van der Waals surface area contributed by atoms with Crippen LogP contribution in [0.25, 0.3) is 10.9 Å². The number of nitrogens with zero attached hydrogens (tertiary/aromatic N) is 3. The van der Waals surface area contributed by atoms with Crippen LogP contribution in [-0.4, -0.2) is 29.2 Å². The SMILES string of the molecule is CS(=O)(=O)c1ccc(Cn2cnc3cnc(C#CCc4ccc(F)cc4)cc3c2=O)cc1. The number of rotatable bonds is 4. The second-order valence-corrected chi connectivity index (χ2v) is 9.30. The molecule has 0 fully saturated rings. The predicted octanol–water partition coefficient (Wildman–Crippen LogP) is 2.98. The van der Waals surface area contributed by atoms with Gasteiger partial charge in [0.15, 0.2) is 9.84 Å². The van der Waals surface area contributed by atoms with E-state index in [-0.39, 0.29) is 22.8 Å². The van der Waals surface area contributed by atoms with E-state index in [1.54, 1.807) is 30.3 Å². The average molecular weight is 447 g/mol. The van der Waals surface area contributed by atoms with Gasteiger partial charge >= 0.3 is 0 Å². The van der Waals surface area contributed by atoms with Crippen LogP contribution in [0.4, 0.5) is 4.39 Å². The van der Waals surface area contributed by atoms with Crippen LogP contribution < -0.4 is 5.56 Å². The Balaban J connectivity index is 1.58. The summed E-state index contributed by atoms with van der Waals surface area (Å²) in [4.78, 5) is 21.7. The van der Waals surface area contributed by atoms with Gasteiger partial charge in [0, 0.05) is 12.7 Å². The van der Waals surface area contributed by atoms with E-state index < -0.39 is 9.84 Å². The number of aromatic nitrogens is 3. The van der Waals surface area contributed by atoms with E-state index in [9.17, 15) is 17.6 Å². The Bertz CT molecular complexity index is 1520. The lowest BCUT2D eigenvalue weighted by atomic mass is 10.1. The fourth-order valence-electron chi connectivity index (χ4n) is 3.12. The molecule has 4 rings (SSSR count). The van der Waals surface area contributed by atoms with Gasteiger partial charge in [0.1, 0.15) is 11.5 Å². The van der Waals surface area contributed by atoms with Crippen LogP contribution in [0.1, 0.15) is 16.8 Å². The molecule has 0 amide bonds. The highest BCUT2D eigenvalue weighted by atomic mass is 32.2. The lowest BCUT2D eigenvalue weighted by Crippen LogP contribution is -2.21. The zero-order valence-corrected chi connectivity index (χ0v) is 17.9. The number of pyridine rings is 1. The van der Waals surface area contributed by atoms with Gasteiger partial charge in [0.25, 0.3) is 5.56 Å². The molecule has 0 aliphatic rings. The predicted molar refractivity (Wildman–Crippen MR) is 119 cm³/mol. The summed E-state index contributed by atoms with van der Waals surface area (Å²) in [5.74, 6) is 5.61. The van der Waals surface area contributed by atoms with Crippen LogP contribution in [0, 0.1) is 17.7 Å². The van der Waals surface area contributed by atoms with Gasteiger partial charge in [-0.2, -0.15) is 0 Å². The fraction of sp³-hybridized carbons (Fsp3) is 0.125. The molecule has 0 saturated carbocycles. The molecular weight excluding hydrogens is 429 g/mol. The van der Waals surface area contributed by atoms with Gasteiger partial charge in [-0.05, 0) is 47.4 Å². The molecule has 0 saturated heterocycles.